The Morgan fingerprint density at radius 2 is 1.72 bits per heavy atom. The molecule has 0 spiro atoms. The Bertz CT molecular complexity index is 867. The summed E-state index contributed by atoms with van der Waals surface area (Å²) in [7, 11) is -3.62. The van der Waals surface area contributed by atoms with E-state index < -0.39 is 16.1 Å². The van der Waals surface area contributed by atoms with Gasteiger partial charge >= 0.3 is 0 Å². The molecule has 0 saturated heterocycles. The molecule has 1 N–H and O–H groups in total. The summed E-state index contributed by atoms with van der Waals surface area (Å²) in [6.45, 7) is 4.52. The van der Waals surface area contributed by atoms with Crippen molar-refractivity contribution in [3.63, 3.8) is 0 Å². The van der Waals surface area contributed by atoms with Crippen molar-refractivity contribution in [1.82, 2.24) is 5.32 Å². The average Bonchev–Trinajstić information content (AvgIpc) is 2.70. The maximum atomic E-state index is 12.7. The first-order chi connectivity index (χ1) is 13.9. The van der Waals surface area contributed by atoms with Crippen LogP contribution < -0.4 is 14.4 Å². The number of carbonyl (C=O) groups excluding carboxylic acids is 1. The van der Waals surface area contributed by atoms with Crippen LogP contribution in [0.4, 0.5) is 5.69 Å². The van der Waals surface area contributed by atoms with Gasteiger partial charge in [0, 0.05) is 0 Å². The largest absolute Gasteiger partial charge is 0.492 e. The third-order valence-electron chi connectivity index (χ3n) is 4.47. The number of benzene rings is 2. The average molecular weight is 419 g/mol. The van der Waals surface area contributed by atoms with Gasteiger partial charge in [0.15, 0.2) is 0 Å². The number of hydrogen-bond acceptors (Lipinski definition) is 4. The van der Waals surface area contributed by atoms with E-state index in [1.165, 1.54) is 9.87 Å². The first-order valence-corrected chi connectivity index (χ1v) is 11.8. The highest BCUT2D eigenvalue weighted by Crippen LogP contribution is 2.22. The third kappa shape index (κ3) is 6.78. The number of aryl methyl sites for hydroxylation is 1. The Balaban J connectivity index is 1.94. The van der Waals surface area contributed by atoms with Crippen molar-refractivity contribution in [3.8, 4) is 5.75 Å². The highest BCUT2D eigenvalue weighted by atomic mass is 32.2. The summed E-state index contributed by atoms with van der Waals surface area (Å²) in [5, 5.41) is 2.79. The molecule has 1 amide bonds. The van der Waals surface area contributed by atoms with Crippen LogP contribution in [0.1, 0.15) is 32.3 Å². The highest BCUT2D eigenvalue weighted by Gasteiger charge is 2.31. The van der Waals surface area contributed by atoms with Gasteiger partial charge in [0.2, 0.25) is 15.9 Å². The molecule has 0 fully saturated rings. The van der Waals surface area contributed by atoms with E-state index in [1.807, 2.05) is 24.3 Å². The summed E-state index contributed by atoms with van der Waals surface area (Å²) in [6.07, 6.45) is 3.60. The van der Waals surface area contributed by atoms with E-state index in [9.17, 15) is 13.2 Å². The van der Waals surface area contributed by atoms with E-state index >= 15 is 0 Å². The minimum atomic E-state index is -3.62. The zero-order valence-corrected chi connectivity index (χ0v) is 18.1. The molecule has 0 aromatic heterocycles. The van der Waals surface area contributed by atoms with Gasteiger partial charge in [-0.3, -0.25) is 9.10 Å². The lowest BCUT2D eigenvalue weighted by atomic mass is 10.1. The van der Waals surface area contributed by atoms with Crippen LogP contribution in [0, 0.1) is 0 Å². The van der Waals surface area contributed by atoms with Gasteiger partial charge in [-0.15, -0.1) is 0 Å². The number of carbonyl (C=O) groups is 1. The molecule has 1 atom stereocenters. The van der Waals surface area contributed by atoms with Gasteiger partial charge in [-0.05, 0) is 42.7 Å². The van der Waals surface area contributed by atoms with Crippen molar-refractivity contribution < 1.29 is 17.9 Å². The number of para-hydroxylation sites is 1. The molecule has 6 nitrogen and oxygen atoms in total. The van der Waals surface area contributed by atoms with Gasteiger partial charge in [-0.2, -0.15) is 0 Å². The first kappa shape index (κ1) is 22.7. The van der Waals surface area contributed by atoms with E-state index in [0.29, 0.717) is 25.3 Å². The smallest absolute Gasteiger partial charge is 0.244 e. The molecule has 0 bridgehead atoms. The van der Waals surface area contributed by atoms with Crippen LogP contribution in [0.2, 0.25) is 0 Å². The lowest BCUT2D eigenvalue weighted by Crippen LogP contribution is -2.49. The fraction of sp³-hybridized carbons (Fsp3) is 0.409. The molecule has 7 heteroatoms. The summed E-state index contributed by atoms with van der Waals surface area (Å²) in [4.78, 5) is 12.7. The van der Waals surface area contributed by atoms with Crippen LogP contribution >= 0.6 is 0 Å². The summed E-state index contributed by atoms with van der Waals surface area (Å²) >= 11 is 0. The number of nitrogens with one attached hydrogen (secondary N) is 1. The van der Waals surface area contributed by atoms with Crippen molar-refractivity contribution in [2.45, 2.75) is 39.2 Å². The minimum absolute atomic E-state index is 0.290. The summed E-state index contributed by atoms with van der Waals surface area (Å²) < 4.78 is 31.5. The lowest BCUT2D eigenvalue weighted by molar-refractivity contribution is -0.122. The van der Waals surface area contributed by atoms with Crippen molar-refractivity contribution in [3.05, 3.63) is 60.2 Å². The molecule has 0 aliphatic rings. The molecule has 2 aromatic carbocycles. The zero-order chi connectivity index (χ0) is 21.3. The van der Waals surface area contributed by atoms with Crippen molar-refractivity contribution in [2.75, 3.05) is 23.7 Å². The maximum absolute atomic E-state index is 12.7. The van der Waals surface area contributed by atoms with Crippen LogP contribution in [-0.2, 0) is 21.2 Å². The Hall–Kier alpha value is -2.54. The van der Waals surface area contributed by atoms with E-state index in [2.05, 4.69) is 12.2 Å². The normalized spacial score (nSPS) is 12.2. The third-order valence-corrected chi connectivity index (χ3v) is 5.65. The van der Waals surface area contributed by atoms with Gasteiger partial charge in [-0.1, -0.05) is 50.6 Å². The second-order valence-electron chi connectivity index (χ2n) is 6.85. The Labute approximate surface area is 173 Å². The quantitative estimate of drug-likeness (QED) is 0.568. The number of anilines is 1. The molecule has 2 aromatic rings. The summed E-state index contributed by atoms with van der Waals surface area (Å²) in [6, 6.07) is 15.8. The molecule has 0 radical (unpaired) electrons. The molecule has 29 heavy (non-hydrogen) atoms. The zero-order valence-electron chi connectivity index (χ0n) is 17.3. The van der Waals surface area contributed by atoms with E-state index in [0.717, 1.165) is 24.8 Å². The number of ether oxygens (including phenoxy) is 1. The molecule has 0 aliphatic carbocycles. The van der Waals surface area contributed by atoms with Crippen LogP contribution in [0.15, 0.2) is 54.6 Å². The molecule has 0 aliphatic heterocycles. The number of sulfonamides is 1. The predicted molar refractivity (Wildman–Crippen MR) is 117 cm³/mol. The Kier molecular flexibility index (Phi) is 8.51. The number of nitrogens with zero attached hydrogens (tertiary/aromatic N) is 1. The van der Waals surface area contributed by atoms with Crippen LogP contribution in [-0.4, -0.2) is 39.8 Å². The molecule has 2 rings (SSSR count). The Morgan fingerprint density at radius 1 is 1.07 bits per heavy atom. The van der Waals surface area contributed by atoms with E-state index in [4.69, 9.17) is 4.74 Å². The second-order valence-corrected chi connectivity index (χ2v) is 8.71. The molecular weight excluding hydrogens is 388 g/mol. The van der Waals surface area contributed by atoms with Crippen molar-refractivity contribution >= 4 is 21.6 Å². The molecular formula is C22H30N2O4S. The van der Waals surface area contributed by atoms with Gasteiger partial charge in [0.05, 0.1) is 18.5 Å². The topological polar surface area (TPSA) is 75.7 Å². The van der Waals surface area contributed by atoms with Gasteiger partial charge in [0.1, 0.15) is 18.4 Å². The van der Waals surface area contributed by atoms with Crippen LogP contribution in [0.5, 0.6) is 5.75 Å². The SMILES string of the molecule is CCCc1ccc(OCCNC(=O)[C@H](CC)N(c2ccccc2)S(C)(=O)=O)cc1. The predicted octanol–water partition coefficient (Wildman–Crippen LogP) is 3.38. The minimum Gasteiger partial charge on any atom is -0.492 e. The van der Waals surface area contributed by atoms with E-state index in [1.54, 1.807) is 37.3 Å². The molecule has 0 saturated carbocycles. The number of amides is 1. The summed E-state index contributed by atoms with van der Waals surface area (Å²) in [5.41, 5.74) is 1.74. The van der Waals surface area contributed by atoms with E-state index in [-0.39, 0.29) is 5.91 Å². The second kappa shape index (κ2) is 10.9. The number of hydrogen-bond donors (Lipinski definition) is 1. The summed E-state index contributed by atoms with van der Waals surface area (Å²) in [5.74, 6) is 0.400. The monoisotopic (exact) mass is 418 g/mol. The van der Waals surface area contributed by atoms with Gasteiger partial charge in [-0.25, -0.2) is 8.42 Å². The standard InChI is InChI=1S/C22H30N2O4S/c1-4-9-18-12-14-20(15-13-18)28-17-16-23-22(25)21(5-2)24(29(3,26)27)19-10-7-6-8-11-19/h6-8,10-15,21H,4-5,9,16-17H2,1-3H3,(H,23,25)/t21-/m0/s1. The molecule has 158 valence electrons. The highest BCUT2D eigenvalue weighted by molar-refractivity contribution is 7.92. The van der Waals surface area contributed by atoms with Crippen LogP contribution in [0.3, 0.4) is 0 Å². The van der Waals surface area contributed by atoms with Crippen molar-refractivity contribution in [1.29, 1.82) is 0 Å². The van der Waals surface area contributed by atoms with Gasteiger partial charge < -0.3 is 10.1 Å². The first-order valence-electron chi connectivity index (χ1n) is 9.90. The molecule has 0 unspecified atom stereocenters. The fourth-order valence-corrected chi connectivity index (χ4v) is 4.35. The van der Waals surface area contributed by atoms with Gasteiger partial charge in [0.25, 0.3) is 0 Å². The maximum Gasteiger partial charge on any atom is 0.244 e. The van der Waals surface area contributed by atoms with Crippen LogP contribution in [0.25, 0.3) is 0 Å². The fourth-order valence-electron chi connectivity index (χ4n) is 3.14. The lowest BCUT2D eigenvalue weighted by Gasteiger charge is -2.30. The Morgan fingerprint density at radius 3 is 2.28 bits per heavy atom. The van der Waals surface area contributed by atoms with Crippen molar-refractivity contribution in [2.24, 2.45) is 0 Å². The number of rotatable bonds is 11. The molecule has 0 heterocycles.